The summed E-state index contributed by atoms with van der Waals surface area (Å²) < 4.78 is 0. The van der Waals surface area contributed by atoms with E-state index in [1.165, 1.54) is 19.3 Å². The molecule has 0 bridgehead atoms. The Bertz CT molecular complexity index is 157. The molecule has 2 unspecified atom stereocenters. The summed E-state index contributed by atoms with van der Waals surface area (Å²) in [7, 11) is 0. The van der Waals surface area contributed by atoms with Crippen molar-refractivity contribution in [2.75, 3.05) is 19.6 Å². The van der Waals surface area contributed by atoms with Crippen molar-refractivity contribution in [3.63, 3.8) is 0 Å². The second-order valence-electron chi connectivity index (χ2n) is 4.23. The Labute approximate surface area is 73.5 Å². The lowest BCUT2D eigenvalue weighted by molar-refractivity contribution is -0.00711. The van der Waals surface area contributed by atoms with Gasteiger partial charge in [-0.05, 0) is 18.8 Å². The van der Waals surface area contributed by atoms with Crippen molar-refractivity contribution in [1.29, 1.82) is 0 Å². The van der Waals surface area contributed by atoms with Crippen LogP contribution in [0.15, 0.2) is 0 Å². The van der Waals surface area contributed by atoms with E-state index in [1.807, 2.05) is 0 Å². The van der Waals surface area contributed by atoms with Crippen LogP contribution in [-0.2, 0) is 0 Å². The summed E-state index contributed by atoms with van der Waals surface area (Å²) in [5, 5.41) is 9.09. The van der Waals surface area contributed by atoms with Crippen molar-refractivity contribution in [3.8, 4) is 0 Å². The second kappa shape index (κ2) is 3.32. The van der Waals surface area contributed by atoms with Gasteiger partial charge in [0.05, 0.1) is 6.10 Å². The molecule has 0 aromatic carbocycles. The lowest BCUT2D eigenvalue weighted by Crippen LogP contribution is -2.53. The Morgan fingerprint density at radius 3 is 2.58 bits per heavy atom. The third kappa shape index (κ3) is 1.63. The van der Waals surface area contributed by atoms with Gasteiger partial charge in [-0.1, -0.05) is 6.42 Å². The maximum atomic E-state index is 9.09. The average Bonchev–Trinajstić information content (AvgIpc) is 2.33. The minimum atomic E-state index is -0.0670. The molecule has 1 aliphatic carbocycles. The number of nitrogens with two attached hydrogens (primary N) is 1. The van der Waals surface area contributed by atoms with Crippen molar-refractivity contribution < 1.29 is 5.11 Å². The lowest BCUT2D eigenvalue weighted by atomic mass is 10.0. The van der Waals surface area contributed by atoms with E-state index < -0.39 is 0 Å². The van der Waals surface area contributed by atoms with Crippen LogP contribution in [0.3, 0.4) is 0 Å². The molecule has 2 fully saturated rings. The van der Waals surface area contributed by atoms with E-state index in [0.29, 0.717) is 12.0 Å². The zero-order valence-corrected chi connectivity index (χ0v) is 7.45. The molecule has 2 rings (SSSR count). The van der Waals surface area contributed by atoms with E-state index in [-0.39, 0.29) is 6.10 Å². The van der Waals surface area contributed by atoms with Crippen molar-refractivity contribution >= 4 is 0 Å². The Balaban J connectivity index is 1.72. The quantitative estimate of drug-likeness (QED) is 0.603. The van der Waals surface area contributed by atoms with Gasteiger partial charge in [0.25, 0.3) is 0 Å². The number of hydrogen-bond donors (Lipinski definition) is 2. The van der Waals surface area contributed by atoms with Crippen LogP contribution in [0.2, 0.25) is 0 Å². The van der Waals surface area contributed by atoms with Crippen LogP contribution < -0.4 is 5.73 Å². The van der Waals surface area contributed by atoms with Crippen LogP contribution in [0.4, 0.5) is 0 Å². The SMILES string of the molecule is NC1CCCC1CN1CC(O)C1. The summed E-state index contributed by atoms with van der Waals surface area (Å²) in [5.41, 5.74) is 5.95. The summed E-state index contributed by atoms with van der Waals surface area (Å²) in [6.07, 6.45) is 3.71. The van der Waals surface area contributed by atoms with Gasteiger partial charge < -0.3 is 10.8 Å². The average molecular weight is 170 g/mol. The summed E-state index contributed by atoms with van der Waals surface area (Å²) in [4.78, 5) is 2.31. The standard InChI is InChI=1S/C9H18N2O/c10-9-3-1-2-7(9)4-11-5-8(12)6-11/h7-9,12H,1-6,10H2. The molecule has 0 aromatic heterocycles. The monoisotopic (exact) mass is 170 g/mol. The van der Waals surface area contributed by atoms with Gasteiger partial charge in [0, 0.05) is 25.7 Å². The topological polar surface area (TPSA) is 49.5 Å². The molecule has 1 saturated carbocycles. The molecule has 0 radical (unpaired) electrons. The van der Waals surface area contributed by atoms with Gasteiger partial charge in [0.15, 0.2) is 0 Å². The molecule has 0 amide bonds. The Morgan fingerprint density at radius 2 is 2.08 bits per heavy atom. The predicted molar refractivity (Wildman–Crippen MR) is 47.8 cm³/mol. The molecule has 0 aromatic rings. The molecule has 70 valence electrons. The molecule has 2 aliphatic rings. The molecule has 3 N–H and O–H groups in total. The minimum absolute atomic E-state index is 0.0670. The summed E-state index contributed by atoms with van der Waals surface area (Å²) in [5.74, 6) is 0.692. The number of rotatable bonds is 2. The zero-order valence-electron chi connectivity index (χ0n) is 7.45. The zero-order chi connectivity index (χ0) is 8.55. The van der Waals surface area contributed by atoms with Gasteiger partial charge in [-0.3, -0.25) is 4.90 Å². The molecular weight excluding hydrogens is 152 g/mol. The fourth-order valence-corrected chi connectivity index (χ4v) is 2.32. The van der Waals surface area contributed by atoms with Gasteiger partial charge in [-0.15, -0.1) is 0 Å². The number of β-amino-alcohol motifs (C(OH)–C–C–N with tert-alkyl or cyclic N) is 1. The fraction of sp³-hybridized carbons (Fsp3) is 1.00. The number of aliphatic hydroxyl groups is 1. The number of hydrogen-bond acceptors (Lipinski definition) is 3. The van der Waals surface area contributed by atoms with Crippen LogP contribution in [0.25, 0.3) is 0 Å². The highest BCUT2D eigenvalue weighted by Crippen LogP contribution is 2.26. The van der Waals surface area contributed by atoms with Crippen LogP contribution in [0, 0.1) is 5.92 Å². The first-order valence-corrected chi connectivity index (χ1v) is 4.91. The molecular formula is C9H18N2O. The summed E-state index contributed by atoms with van der Waals surface area (Å²) >= 11 is 0. The first-order valence-electron chi connectivity index (χ1n) is 4.91. The number of nitrogens with zero attached hydrogens (tertiary/aromatic N) is 1. The first-order chi connectivity index (χ1) is 5.75. The molecule has 3 heteroatoms. The molecule has 12 heavy (non-hydrogen) atoms. The van der Waals surface area contributed by atoms with Crippen molar-refractivity contribution in [2.45, 2.75) is 31.4 Å². The van der Waals surface area contributed by atoms with E-state index in [1.54, 1.807) is 0 Å². The van der Waals surface area contributed by atoms with Gasteiger partial charge >= 0.3 is 0 Å². The van der Waals surface area contributed by atoms with Crippen LogP contribution in [-0.4, -0.2) is 41.8 Å². The van der Waals surface area contributed by atoms with Crippen LogP contribution >= 0.6 is 0 Å². The Kier molecular flexibility index (Phi) is 2.35. The van der Waals surface area contributed by atoms with E-state index in [2.05, 4.69) is 4.90 Å². The van der Waals surface area contributed by atoms with Crippen molar-refractivity contribution in [3.05, 3.63) is 0 Å². The highest BCUT2D eigenvalue weighted by Gasteiger charge is 2.30. The van der Waals surface area contributed by atoms with Crippen LogP contribution in [0.1, 0.15) is 19.3 Å². The third-order valence-corrected chi connectivity index (χ3v) is 3.15. The Morgan fingerprint density at radius 1 is 1.33 bits per heavy atom. The fourth-order valence-electron chi connectivity index (χ4n) is 2.32. The highest BCUT2D eigenvalue weighted by molar-refractivity contribution is 4.87. The largest absolute Gasteiger partial charge is 0.390 e. The van der Waals surface area contributed by atoms with Gasteiger partial charge in [-0.25, -0.2) is 0 Å². The molecule has 1 aliphatic heterocycles. The smallest absolute Gasteiger partial charge is 0.0793 e. The number of likely N-dealkylation sites (tertiary alicyclic amines) is 1. The Hall–Kier alpha value is -0.120. The first kappa shape index (κ1) is 8.48. The molecule has 0 spiro atoms. The minimum Gasteiger partial charge on any atom is -0.390 e. The highest BCUT2D eigenvalue weighted by atomic mass is 16.3. The van der Waals surface area contributed by atoms with Crippen molar-refractivity contribution in [2.24, 2.45) is 11.7 Å². The summed E-state index contributed by atoms with van der Waals surface area (Å²) in [6, 6.07) is 0.419. The summed E-state index contributed by atoms with van der Waals surface area (Å²) in [6.45, 7) is 2.84. The third-order valence-electron chi connectivity index (χ3n) is 3.15. The molecule has 3 nitrogen and oxygen atoms in total. The van der Waals surface area contributed by atoms with Crippen molar-refractivity contribution in [1.82, 2.24) is 4.90 Å². The maximum absolute atomic E-state index is 9.09. The van der Waals surface area contributed by atoms with Crippen LogP contribution in [0.5, 0.6) is 0 Å². The van der Waals surface area contributed by atoms with E-state index >= 15 is 0 Å². The second-order valence-corrected chi connectivity index (χ2v) is 4.23. The normalized spacial score (nSPS) is 38.5. The molecule has 1 heterocycles. The van der Waals surface area contributed by atoms with E-state index in [0.717, 1.165) is 19.6 Å². The predicted octanol–water partition coefficient (Wildman–Crippen LogP) is -0.210. The number of aliphatic hydroxyl groups excluding tert-OH is 1. The molecule has 2 atom stereocenters. The van der Waals surface area contributed by atoms with E-state index in [9.17, 15) is 0 Å². The maximum Gasteiger partial charge on any atom is 0.0793 e. The lowest BCUT2D eigenvalue weighted by Gasteiger charge is -2.38. The molecule has 1 saturated heterocycles. The van der Waals surface area contributed by atoms with E-state index in [4.69, 9.17) is 10.8 Å². The van der Waals surface area contributed by atoms with Gasteiger partial charge in [-0.2, -0.15) is 0 Å². The van der Waals surface area contributed by atoms with Gasteiger partial charge in [0.1, 0.15) is 0 Å². The van der Waals surface area contributed by atoms with Gasteiger partial charge in [0.2, 0.25) is 0 Å².